The summed E-state index contributed by atoms with van der Waals surface area (Å²) in [6.07, 6.45) is 4.54. The van der Waals surface area contributed by atoms with E-state index in [0.717, 1.165) is 53.0 Å². The highest BCUT2D eigenvalue weighted by atomic mass is 16.5. The van der Waals surface area contributed by atoms with E-state index in [-0.39, 0.29) is 6.61 Å². The maximum Gasteiger partial charge on any atom is 0.439 e. The molecular weight excluding hydrogens is 494 g/mol. The average molecular weight is 526 g/mol. The van der Waals surface area contributed by atoms with Gasteiger partial charge < -0.3 is 14.4 Å². The summed E-state index contributed by atoms with van der Waals surface area (Å²) in [6.45, 7) is 5.08. The van der Waals surface area contributed by atoms with Gasteiger partial charge in [-0.1, -0.05) is 67.0 Å². The van der Waals surface area contributed by atoms with Crippen LogP contribution in [0.3, 0.4) is 0 Å². The molecule has 39 heavy (non-hydrogen) atoms. The van der Waals surface area contributed by atoms with Crippen LogP contribution < -0.4 is 10.5 Å². The highest BCUT2D eigenvalue weighted by molar-refractivity contribution is 5.80. The third-order valence-corrected chi connectivity index (χ3v) is 6.57. The Morgan fingerprint density at radius 2 is 1.82 bits per heavy atom. The highest BCUT2D eigenvalue weighted by Crippen LogP contribution is 2.31. The summed E-state index contributed by atoms with van der Waals surface area (Å²) in [4.78, 5) is 23.6. The number of unbranched alkanes of at least 4 members (excludes halogenated alkanes) is 1. The molecule has 0 aliphatic heterocycles. The Morgan fingerprint density at radius 1 is 1.03 bits per heavy atom. The number of nitrogens with one attached hydrogen (secondary N) is 1. The van der Waals surface area contributed by atoms with Gasteiger partial charge in [0.05, 0.1) is 30.8 Å². The van der Waals surface area contributed by atoms with E-state index in [9.17, 15) is 9.90 Å². The third-order valence-electron chi connectivity index (χ3n) is 6.57. The first-order chi connectivity index (χ1) is 19.1. The Bertz CT molecular complexity index is 1580. The fraction of sp³-hybridized carbons (Fsp3) is 0.267. The molecule has 2 N–H and O–H groups in total. The zero-order valence-electron chi connectivity index (χ0n) is 22.1. The van der Waals surface area contributed by atoms with Gasteiger partial charge in [0.1, 0.15) is 17.3 Å². The molecule has 0 aliphatic carbocycles. The number of aryl methyl sites for hydroxylation is 1. The lowest BCUT2D eigenvalue weighted by molar-refractivity contribution is 0.271. The molecular formula is C30H31N5O4. The summed E-state index contributed by atoms with van der Waals surface area (Å²) < 4.78 is 12.3. The van der Waals surface area contributed by atoms with E-state index in [1.807, 2.05) is 55.5 Å². The van der Waals surface area contributed by atoms with Gasteiger partial charge in [-0.3, -0.25) is 14.5 Å². The van der Waals surface area contributed by atoms with E-state index >= 15 is 0 Å². The van der Waals surface area contributed by atoms with Crippen LogP contribution in [0.2, 0.25) is 0 Å². The Hall–Kier alpha value is -4.50. The maximum absolute atomic E-state index is 11.5. The Labute approximate surface area is 226 Å². The molecule has 5 aromatic rings. The summed E-state index contributed by atoms with van der Waals surface area (Å²) in [5.41, 5.74) is 5.90. The van der Waals surface area contributed by atoms with E-state index in [0.29, 0.717) is 36.1 Å². The molecule has 0 saturated heterocycles. The van der Waals surface area contributed by atoms with Gasteiger partial charge in [-0.2, -0.15) is 0 Å². The molecule has 3 heterocycles. The van der Waals surface area contributed by atoms with Gasteiger partial charge >= 0.3 is 5.76 Å². The molecule has 3 aromatic heterocycles. The lowest BCUT2D eigenvalue weighted by Gasteiger charge is -2.13. The maximum atomic E-state index is 11.5. The molecule has 9 nitrogen and oxygen atoms in total. The second-order valence-corrected chi connectivity index (χ2v) is 9.17. The number of aromatic nitrogens is 5. The van der Waals surface area contributed by atoms with Crippen LogP contribution in [-0.4, -0.2) is 36.4 Å². The third kappa shape index (κ3) is 5.68. The number of aromatic amines is 1. The quantitative estimate of drug-likeness (QED) is 0.242. The summed E-state index contributed by atoms with van der Waals surface area (Å²) in [7, 11) is 0. The summed E-state index contributed by atoms with van der Waals surface area (Å²) >= 11 is 0. The normalized spacial score (nSPS) is 11.2. The number of benzene rings is 2. The first-order valence-corrected chi connectivity index (χ1v) is 13.1. The van der Waals surface area contributed by atoms with Gasteiger partial charge in [0.15, 0.2) is 5.82 Å². The largest absolute Gasteiger partial charge is 0.492 e. The minimum Gasteiger partial charge on any atom is -0.492 e. The lowest BCUT2D eigenvalue weighted by Crippen LogP contribution is -2.09. The van der Waals surface area contributed by atoms with E-state index in [1.54, 1.807) is 6.20 Å². The minimum absolute atomic E-state index is 0.148. The average Bonchev–Trinajstić information content (AvgIpc) is 3.56. The van der Waals surface area contributed by atoms with Gasteiger partial charge in [0, 0.05) is 18.5 Å². The number of hydrogen-bond acceptors (Lipinski definition) is 7. The van der Waals surface area contributed by atoms with Gasteiger partial charge in [-0.15, -0.1) is 0 Å². The smallest absolute Gasteiger partial charge is 0.439 e. The van der Waals surface area contributed by atoms with Crippen LogP contribution in [0.25, 0.3) is 33.9 Å². The van der Waals surface area contributed by atoms with Crippen molar-refractivity contribution in [2.24, 2.45) is 0 Å². The van der Waals surface area contributed by atoms with E-state index in [4.69, 9.17) is 14.2 Å². The number of H-pyrrole nitrogens is 1. The summed E-state index contributed by atoms with van der Waals surface area (Å²) in [5.74, 6) is 1.43. The van der Waals surface area contributed by atoms with Crippen molar-refractivity contribution >= 4 is 0 Å². The zero-order valence-corrected chi connectivity index (χ0v) is 22.1. The number of aliphatic hydroxyl groups excluding tert-OH is 1. The highest BCUT2D eigenvalue weighted by Gasteiger charge is 2.19. The lowest BCUT2D eigenvalue weighted by atomic mass is 9.98. The van der Waals surface area contributed by atoms with E-state index in [2.05, 4.69) is 38.7 Å². The van der Waals surface area contributed by atoms with Crippen molar-refractivity contribution < 1.29 is 14.4 Å². The first kappa shape index (κ1) is 26.1. The molecule has 0 aliphatic rings. The number of aliphatic hydroxyl groups is 1. The fourth-order valence-electron chi connectivity index (χ4n) is 4.65. The van der Waals surface area contributed by atoms with Crippen LogP contribution in [-0.2, 0) is 19.6 Å². The molecule has 0 spiro atoms. The Morgan fingerprint density at radius 3 is 2.46 bits per heavy atom. The van der Waals surface area contributed by atoms with Crippen molar-refractivity contribution in [3.05, 3.63) is 94.5 Å². The number of nitrogens with zero attached hydrogens (tertiary/aromatic N) is 4. The van der Waals surface area contributed by atoms with Gasteiger partial charge in [0.25, 0.3) is 0 Å². The predicted molar refractivity (Wildman–Crippen MR) is 148 cm³/mol. The Kier molecular flexibility index (Phi) is 7.98. The van der Waals surface area contributed by atoms with Crippen LogP contribution in [0, 0.1) is 0 Å². The van der Waals surface area contributed by atoms with Gasteiger partial charge in [-0.25, -0.2) is 9.78 Å². The number of rotatable bonds is 11. The molecule has 9 heteroatoms. The molecule has 0 unspecified atom stereocenters. The molecule has 5 rings (SSSR count). The van der Waals surface area contributed by atoms with Crippen molar-refractivity contribution in [3.8, 4) is 39.7 Å². The van der Waals surface area contributed by atoms with Crippen molar-refractivity contribution in [1.82, 2.24) is 24.7 Å². The molecule has 0 fully saturated rings. The second kappa shape index (κ2) is 11.9. The number of pyridine rings is 1. The van der Waals surface area contributed by atoms with Crippen LogP contribution in [0.15, 0.2) is 76.2 Å². The SMILES string of the molecule is CCCCc1nc(-c2ccc(OCC)cn2)c(CO)n1Cc1ccc(-c2ccccc2-c2noc(=O)[nH]2)cc1. The van der Waals surface area contributed by atoms with Crippen molar-refractivity contribution in [3.63, 3.8) is 0 Å². The van der Waals surface area contributed by atoms with Crippen LogP contribution in [0.1, 0.15) is 43.8 Å². The zero-order chi connectivity index (χ0) is 27.2. The molecule has 2 aromatic carbocycles. The van der Waals surface area contributed by atoms with E-state index < -0.39 is 5.76 Å². The number of ether oxygens (including phenoxy) is 1. The summed E-state index contributed by atoms with van der Waals surface area (Å²) in [6, 6.07) is 19.7. The second-order valence-electron chi connectivity index (χ2n) is 9.17. The number of hydrogen-bond donors (Lipinski definition) is 2. The Balaban J connectivity index is 1.46. The molecule has 0 saturated carbocycles. The van der Waals surface area contributed by atoms with Crippen LogP contribution in [0.4, 0.5) is 0 Å². The summed E-state index contributed by atoms with van der Waals surface area (Å²) in [5, 5.41) is 14.2. The standard InChI is InChI=1S/C30H31N5O4/c1-3-5-10-27-32-28(25-16-15-22(17-31-25)38-4-2)26(19-36)35(27)18-20-11-13-21(14-12-20)23-8-6-7-9-24(23)29-33-30(37)39-34-29/h6-9,11-17,36H,3-5,10,18-19H2,1-2H3,(H,33,34,37). The molecule has 0 atom stereocenters. The van der Waals surface area contributed by atoms with Crippen LogP contribution in [0.5, 0.6) is 5.75 Å². The molecule has 0 radical (unpaired) electrons. The van der Waals surface area contributed by atoms with Crippen molar-refractivity contribution in [2.45, 2.75) is 46.3 Å². The molecule has 0 bridgehead atoms. The fourth-order valence-corrected chi connectivity index (χ4v) is 4.65. The minimum atomic E-state index is -0.589. The van der Waals surface area contributed by atoms with Crippen molar-refractivity contribution in [2.75, 3.05) is 6.61 Å². The first-order valence-electron chi connectivity index (χ1n) is 13.1. The monoisotopic (exact) mass is 525 g/mol. The van der Waals surface area contributed by atoms with E-state index in [1.165, 1.54) is 0 Å². The topological polar surface area (TPSA) is 119 Å². The van der Waals surface area contributed by atoms with Crippen molar-refractivity contribution in [1.29, 1.82) is 0 Å². The number of imidazole rings is 1. The molecule has 200 valence electrons. The van der Waals surface area contributed by atoms with Gasteiger partial charge in [-0.05, 0) is 42.2 Å². The van der Waals surface area contributed by atoms with Gasteiger partial charge in [0.2, 0.25) is 0 Å². The molecule has 0 amide bonds. The van der Waals surface area contributed by atoms with Crippen LogP contribution >= 0.6 is 0 Å². The predicted octanol–water partition coefficient (Wildman–Crippen LogP) is 5.24.